The first-order chi connectivity index (χ1) is 11.9. The lowest BCUT2D eigenvalue weighted by Crippen LogP contribution is -2.18. The molecule has 0 amide bonds. The van der Waals surface area contributed by atoms with Crippen LogP contribution in [0.2, 0.25) is 0 Å². The Balaban J connectivity index is 1.40. The molecule has 24 heavy (non-hydrogen) atoms. The number of fused-ring (bicyclic) bond motifs is 2. The van der Waals surface area contributed by atoms with Crippen molar-refractivity contribution in [1.29, 1.82) is 0 Å². The van der Waals surface area contributed by atoms with E-state index < -0.39 is 0 Å². The Morgan fingerprint density at radius 3 is 1.25 bits per heavy atom. The van der Waals surface area contributed by atoms with Gasteiger partial charge in [-0.1, -0.05) is 30.3 Å². The van der Waals surface area contributed by atoms with Gasteiger partial charge in [0.25, 0.3) is 0 Å². The zero-order valence-electron chi connectivity index (χ0n) is 13.0. The largest absolute Gasteiger partial charge is 0.359 e. The predicted octanol–water partition coefficient (Wildman–Crippen LogP) is 4.15. The number of hydrogen-bond acceptors (Lipinski definition) is 5. The van der Waals surface area contributed by atoms with E-state index in [2.05, 4.69) is 51.6 Å². The fourth-order valence-electron chi connectivity index (χ4n) is 3.25. The Hall–Kier alpha value is -3.21. The van der Waals surface area contributed by atoms with Gasteiger partial charge in [0.2, 0.25) is 0 Å². The third-order valence-corrected chi connectivity index (χ3v) is 4.44. The maximum absolute atomic E-state index is 4.85. The Bertz CT molecular complexity index is 787. The van der Waals surface area contributed by atoms with Crippen molar-refractivity contribution < 1.29 is 0 Å². The van der Waals surface area contributed by atoms with Gasteiger partial charge in [0.1, 0.15) is 12.3 Å². The zero-order valence-corrected chi connectivity index (χ0v) is 13.0. The molecule has 3 heterocycles. The molecular formula is C19H17N5. The van der Waals surface area contributed by atoms with Gasteiger partial charge in [0, 0.05) is 0 Å². The third-order valence-electron chi connectivity index (χ3n) is 4.44. The molecule has 2 aliphatic rings. The van der Waals surface area contributed by atoms with E-state index in [1.54, 1.807) is 0 Å². The summed E-state index contributed by atoms with van der Waals surface area (Å²) >= 11 is 0. The summed E-state index contributed by atoms with van der Waals surface area (Å²) in [7, 11) is 0. The van der Waals surface area contributed by atoms with Crippen molar-refractivity contribution in [2.45, 2.75) is 12.3 Å². The molecular weight excluding hydrogens is 298 g/mol. The highest BCUT2D eigenvalue weighted by molar-refractivity contribution is 5.75. The van der Waals surface area contributed by atoms with Crippen molar-refractivity contribution in [3.8, 4) is 0 Å². The molecule has 2 aromatic carbocycles. The van der Waals surface area contributed by atoms with Gasteiger partial charge in [-0.3, -0.25) is 0 Å². The summed E-state index contributed by atoms with van der Waals surface area (Å²) in [6, 6.07) is 22.6. The predicted molar refractivity (Wildman–Crippen MR) is 97.1 cm³/mol. The first-order valence-electron chi connectivity index (χ1n) is 8.08. The lowest BCUT2D eigenvalue weighted by atomic mass is 10.2. The van der Waals surface area contributed by atoms with Crippen molar-refractivity contribution in [2.75, 3.05) is 21.3 Å². The average molecular weight is 315 g/mol. The van der Waals surface area contributed by atoms with E-state index in [1.165, 1.54) is 0 Å². The number of nitrogens with zero attached hydrogens (tertiary/aromatic N) is 1. The molecule has 0 atom stereocenters. The zero-order chi connectivity index (χ0) is 15.9. The monoisotopic (exact) mass is 315 g/mol. The quantitative estimate of drug-likeness (QED) is 0.572. The van der Waals surface area contributed by atoms with Crippen molar-refractivity contribution in [3.05, 3.63) is 78.1 Å². The topological polar surface area (TPSA) is 61.0 Å². The molecule has 4 N–H and O–H groups in total. The van der Waals surface area contributed by atoms with Gasteiger partial charge in [-0.05, 0) is 36.4 Å². The molecule has 2 aliphatic heterocycles. The molecule has 0 saturated heterocycles. The summed E-state index contributed by atoms with van der Waals surface area (Å²) < 4.78 is 0. The van der Waals surface area contributed by atoms with E-state index in [0.29, 0.717) is 0 Å². The highest BCUT2D eigenvalue weighted by Gasteiger charge is 2.25. The van der Waals surface area contributed by atoms with Crippen LogP contribution in [0.1, 0.15) is 23.7 Å². The molecule has 0 bridgehead atoms. The van der Waals surface area contributed by atoms with Crippen LogP contribution < -0.4 is 21.3 Å². The lowest BCUT2D eigenvalue weighted by Gasteiger charge is -2.16. The number of anilines is 4. The maximum Gasteiger partial charge on any atom is 0.141 e. The summed E-state index contributed by atoms with van der Waals surface area (Å²) in [6.07, 6.45) is -0.0164. The van der Waals surface area contributed by atoms with Crippen molar-refractivity contribution in [3.63, 3.8) is 0 Å². The lowest BCUT2D eigenvalue weighted by molar-refractivity contribution is 0.821. The number of benzene rings is 2. The van der Waals surface area contributed by atoms with E-state index in [9.17, 15) is 0 Å². The Morgan fingerprint density at radius 2 is 0.875 bits per heavy atom. The molecule has 5 nitrogen and oxygen atoms in total. The maximum atomic E-state index is 4.85. The molecule has 0 aliphatic carbocycles. The molecule has 1 aromatic heterocycles. The summed E-state index contributed by atoms with van der Waals surface area (Å²) in [5.74, 6) is 0. The Labute approximate surface area is 140 Å². The third kappa shape index (κ3) is 2.13. The van der Waals surface area contributed by atoms with E-state index >= 15 is 0 Å². The second-order valence-corrected chi connectivity index (χ2v) is 6.02. The van der Waals surface area contributed by atoms with Gasteiger partial charge in [-0.2, -0.15) is 0 Å². The fourth-order valence-corrected chi connectivity index (χ4v) is 3.25. The standard InChI is InChI=1S/C19H17N5/c1-2-7-13-12(6-1)21-18(22-13)16-10-5-11-17(20-16)19-23-14-8-3-4-9-15(14)24-19/h1-11,18-19,21-24H. The molecule has 0 spiro atoms. The number of pyridine rings is 1. The smallest absolute Gasteiger partial charge is 0.141 e. The molecule has 0 saturated carbocycles. The minimum Gasteiger partial charge on any atom is -0.359 e. The molecule has 118 valence electrons. The molecule has 3 aromatic rings. The number of rotatable bonds is 2. The number of nitrogens with one attached hydrogen (secondary N) is 4. The molecule has 0 radical (unpaired) electrons. The van der Waals surface area contributed by atoms with Crippen molar-refractivity contribution in [1.82, 2.24) is 4.98 Å². The highest BCUT2D eigenvalue weighted by atomic mass is 15.2. The van der Waals surface area contributed by atoms with Crippen LogP contribution in [0.25, 0.3) is 0 Å². The average Bonchev–Trinajstić information content (AvgIpc) is 3.26. The summed E-state index contributed by atoms with van der Waals surface area (Å²) in [5, 5.41) is 13.9. The summed E-state index contributed by atoms with van der Waals surface area (Å²) in [5.41, 5.74) is 6.39. The minimum atomic E-state index is -0.00821. The van der Waals surface area contributed by atoms with Gasteiger partial charge in [-0.25, -0.2) is 4.98 Å². The van der Waals surface area contributed by atoms with Crippen LogP contribution >= 0.6 is 0 Å². The van der Waals surface area contributed by atoms with Crippen molar-refractivity contribution in [2.24, 2.45) is 0 Å². The van der Waals surface area contributed by atoms with Gasteiger partial charge in [0.15, 0.2) is 0 Å². The van der Waals surface area contributed by atoms with Crippen LogP contribution in [0.4, 0.5) is 22.7 Å². The van der Waals surface area contributed by atoms with E-state index in [-0.39, 0.29) is 12.3 Å². The molecule has 0 fully saturated rings. The fraction of sp³-hybridized carbons (Fsp3) is 0.105. The Kier molecular flexibility index (Phi) is 2.85. The van der Waals surface area contributed by atoms with Gasteiger partial charge in [0.05, 0.1) is 34.1 Å². The van der Waals surface area contributed by atoms with E-state index in [1.807, 2.05) is 36.4 Å². The van der Waals surface area contributed by atoms with E-state index in [4.69, 9.17) is 4.98 Å². The van der Waals surface area contributed by atoms with Crippen LogP contribution in [0.5, 0.6) is 0 Å². The van der Waals surface area contributed by atoms with Crippen LogP contribution in [0.15, 0.2) is 66.7 Å². The molecule has 0 unspecified atom stereocenters. The number of aromatic nitrogens is 1. The van der Waals surface area contributed by atoms with Gasteiger partial charge in [-0.15, -0.1) is 0 Å². The first kappa shape index (κ1) is 13.2. The highest BCUT2D eigenvalue weighted by Crippen LogP contribution is 2.36. The van der Waals surface area contributed by atoms with Crippen LogP contribution in [0.3, 0.4) is 0 Å². The summed E-state index contributed by atoms with van der Waals surface area (Å²) in [4.78, 5) is 4.85. The van der Waals surface area contributed by atoms with Gasteiger partial charge >= 0.3 is 0 Å². The van der Waals surface area contributed by atoms with Crippen LogP contribution in [-0.2, 0) is 0 Å². The SMILES string of the molecule is c1cc(C2Nc3ccccc3N2)nc(C2Nc3ccccc3N2)c1. The molecule has 5 rings (SSSR count). The van der Waals surface area contributed by atoms with Crippen LogP contribution in [-0.4, -0.2) is 4.98 Å². The minimum absolute atomic E-state index is 0.00821. The molecule has 5 heteroatoms. The van der Waals surface area contributed by atoms with Crippen molar-refractivity contribution >= 4 is 22.7 Å². The number of para-hydroxylation sites is 4. The first-order valence-corrected chi connectivity index (χ1v) is 8.08. The normalized spacial score (nSPS) is 15.7. The second-order valence-electron chi connectivity index (χ2n) is 6.02. The summed E-state index contributed by atoms with van der Waals surface area (Å²) in [6.45, 7) is 0. The van der Waals surface area contributed by atoms with Crippen LogP contribution in [0, 0.1) is 0 Å². The number of hydrogen-bond donors (Lipinski definition) is 4. The Morgan fingerprint density at radius 1 is 0.500 bits per heavy atom. The second kappa shape index (κ2) is 5.16. The van der Waals surface area contributed by atoms with E-state index in [0.717, 1.165) is 34.1 Å². The van der Waals surface area contributed by atoms with Gasteiger partial charge < -0.3 is 21.3 Å².